The van der Waals surface area contributed by atoms with Crippen LogP contribution in [-0.2, 0) is 16.2 Å². The lowest BCUT2D eigenvalue weighted by Gasteiger charge is -2.20. The SMILES string of the molecule is N#CCCN(CCC#N)C(=O)c1ccc(S(=O)(=O)Nc2cccc(C(F)(F)F)c2)cc1. The summed E-state index contributed by atoms with van der Waals surface area (Å²) >= 11 is 0. The van der Waals surface area contributed by atoms with Crippen LogP contribution in [0.4, 0.5) is 18.9 Å². The quantitative estimate of drug-likeness (QED) is 0.658. The Balaban J connectivity index is 2.20. The molecular weight excluding hydrogens is 433 g/mol. The Bertz CT molecular complexity index is 1100. The highest BCUT2D eigenvalue weighted by atomic mass is 32.2. The maximum atomic E-state index is 12.8. The standard InChI is InChI=1S/C20H17F3N4O3S/c21-20(22,23)16-4-1-5-17(14-16)26-31(29,30)18-8-6-15(7-9-18)19(28)27(12-2-10-24)13-3-11-25/h1,4-9,14,26H,2-3,12-13H2. The van der Waals surface area contributed by atoms with E-state index in [0.717, 1.165) is 24.3 Å². The summed E-state index contributed by atoms with van der Waals surface area (Å²) in [6.07, 6.45) is -4.47. The molecular formula is C20H17F3N4O3S. The lowest BCUT2D eigenvalue weighted by atomic mass is 10.2. The van der Waals surface area contributed by atoms with E-state index in [4.69, 9.17) is 10.5 Å². The van der Waals surface area contributed by atoms with Crippen molar-refractivity contribution >= 4 is 21.6 Å². The summed E-state index contributed by atoms with van der Waals surface area (Å²) < 4.78 is 65.5. The van der Waals surface area contributed by atoms with E-state index in [2.05, 4.69) is 4.72 Å². The average Bonchev–Trinajstić information content (AvgIpc) is 2.73. The minimum atomic E-state index is -4.62. The van der Waals surface area contributed by atoms with Gasteiger partial charge in [0.2, 0.25) is 0 Å². The third-order valence-electron chi connectivity index (χ3n) is 4.13. The molecule has 1 N–H and O–H groups in total. The van der Waals surface area contributed by atoms with Gasteiger partial charge in [-0.3, -0.25) is 9.52 Å². The molecule has 0 saturated heterocycles. The second-order valence-corrected chi connectivity index (χ2v) is 8.00. The van der Waals surface area contributed by atoms with Gasteiger partial charge in [-0.25, -0.2) is 8.42 Å². The Labute approximate surface area is 177 Å². The zero-order valence-corrected chi connectivity index (χ0v) is 16.9. The van der Waals surface area contributed by atoms with E-state index in [-0.39, 0.29) is 42.1 Å². The molecule has 2 aromatic rings. The van der Waals surface area contributed by atoms with Gasteiger partial charge in [-0.15, -0.1) is 0 Å². The summed E-state index contributed by atoms with van der Waals surface area (Å²) in [5.74, 6) is -0.472. The van der Waals surface area contributed by atoms with Crippen LogP contribution >= 0.6 is 0 Å². The lowest BCUT2D eigenvalue weighted by molar-refractivity contribution is -0.137. The minimum Gasteiger partial charge on any atom is -0.337 e. The van der Waals surface area contributed by atoms with Gasteiger partial charge in [-0.1, -0.05) is 6.07 Å². The van der Waals surface area contributed by atoms with Gasteiger partial charge in [0.25, 0.3) is 15.9 Å². The molecule has 7 nitrogen and oxygen atoms in total. The topological polar surface area (TPSA) is 114 Å². The van der Waals surface area contributed by atoms with Gasteiger partial charge in [-0.05, 0) is 42.5 Å². The van der Waals surface area contributed by atoms with Crippen LogP contribution in [0.2, 0.25) is 0 Å². The maximum Gasteiger partial charge on any atom is 0.416 e. The van der Waals surface area contributed by atoms with E-state index >= 15 is 0 Å². The largest absolute Gasteiger partial charge is 0.416 e. The number of hydrogen-bond donors (Lipinski definition) is 1. The van der Waals surface area contributed by atoms with Crippen molar-refractivity contribution in [2.45, 2.75) is 23.9 Å². The summed E-state index contributed by atoms with van der Waals surface area (Å²) in [6.45, 7) is 0.238. The third-order valence-corrected chi connectivity index (χ3v) is 5.53. The first-order chi connectivity index (χ1) is 14.6. The Morgan fingerprint density at radius 2 is 1.58 bits per heavy atom. The number of hydrogen-bond acceptors (Lipinski definition) is 5. The number of carbonyl (C=O) groups is 1. The molecule has 0 fully saturated rings. The van der Waals surface area contributed by atoms with Crippen LogP contribution in [0.1, 0.15) is 28.8 Å². The van der Waals surface area contributed by atoms with E-state index in [1.807, 2.05) is 12.1 Å². The first-order valence-corrected chi connectivity index (χ1v) is 10.4. The molecule has 2 rings (SSSR count). The molecule has 0 aromatic heterocycles. The number of benzene rings is 2. The van der Waals surface area contributed by atoms with Crippen molar-refractivity contribution in [1.82, 2.24) is 4.90 Å². The summed E-state index contributed by atoms with van der Waals surface area (Å²) in [6, 6.07) is 12.4. The predicted molar refractivity (Wildman–Crippen MR) is 105 cm³/mol. The number of carbonyl (C=O) groups excluding carboxylic acids is 1. The molecule has 0 aliphatic rings. The number of nitriles is 2. The highest BCUT2D eigenvalue weighted by Crippen LogP contribution is 2.31. The average molecular weight is 450 g/mol. The maximum absolute atomic E-state index is 12.8. The van der Waals surface area contributed by atoms with Crippen molar-refractivity contribution in [3.63, 3.8) is 0 Å². The summed E-state index contributed by atoms with van der Waals surface area (Å²) in [7, 11) is -4.20. The lowest BCUT2D eigenvalue weighted by Crippen LogP contribution is -2.32. The number of halogens is 3. The van der Waals surface area contributed by atoms with Gasteiger partial charge >= 0.3 is 6.18 Å². The second kappa shape index (κ2) is 9.96. The summed E-state index contributed by atoms with van der Waals surface area (Å²) in [5, 5.41) is 17.4. The smallest absolute Gasteiger partial charge is 0.337 e. The fraction of sp³-hybridized carbons (Fsp3) is 0.250. The first-order valence-electron chi connectivity index (χ1n) is 8.92. The molecule has 0 heterocycles. The Hall–Kier alpha value is -3.57. The van der Waals surface area contributed by atoms with Crippen LogP contribution in [0.5, 0.6) is 0 Å². The molecule has 2 aromatic carbocycles. The van der Waals surface area contributed by atoms with Gasteiger partial charge < -0.3 is 4.90 Å². The molecule has 0 aliphatic carbocycles. The molecule has 1 amide bonds. The summed E-state index contributed by atoms with van der Waals surface area (Å²) in [5.41, 5.74) is -1.11. The minimum absolute atomic E-state index is 0.0739. The van der Waals surface area contributed by atoms with Crippen molar-refractivity contribution in [3.05, 3.63) is 59.7 Å². The third kappa shape index (κ3) is 6.46. The van der Waals surface area contributed by atoms with Gasteiger partial charge in [0.05, 0.1) is 35.4 Å². The highest BCUT2D eigenvalue weighted by Gasteiger charge is 2.30. The highest BCUT2D eigenvalue weighted by molar-refractivity contribution is 7.92. The fourth-order valence-corrected chi connectivity index (χ4v) is 3.67. The predicted octanol–water partition coefficient (Wildman–Crippen LogP) is 3.78. The molecule has 0 saturated carbocycles. The van der Waals surface area contributed by atoms with E-state index in [1.165, 1.54) is 23.1 Å². The molecule has 0 radical (unpaired) electrons. The van der Waals surface area contributed by atoms with Gasteiger partial charge in [0.15, 0.2) is 0 Å². The van der Waals surface area contributed by atoms with Crippen molar-refractivity contribution in [2.75, 3.05) is 17.8 Å². The van der Waals surface area contributed by atoms with E-state index in [0.29, 0.717) is 6.07 Å². The number of rotatable bonds is 8. The molecule has 0 atom stereocenters. The normalized spacial score (nSPS) is 11.3. The van der Waals surface area contributed by atoms with Gasteiger partial charge in [0, 0.05) is 24.3 Å². The molecule has 11 heteroatoms. The molecule has 0 bridgehead atoms. The Morgan fingerprint density at radius 1 is 1.00 bits per heavy atom. The van der Waals surface area contributed by atoms with Crippen LogP contribution in [0.15, 0.2) is 53.4 Å². The molecule has 31 heavy (non-hydrogen) atoms. The fourth-order valence-electron chi connectivity index (χ4n) is 2.62. The van der Waals surface area contributed by atoms with E-state index < -0.39 is 27.7 Å². The van der Waals surface area contributed by atoms with Crippen LogP contribution in [0, 0.1) is 22.7 Å². The van der Waals surface area contributed by atoms with Crippen molar-refractivity contribution in [1.29, 1.82) is 10.5 Å². The second-order valence-electron chi connectivity index (χ2n) is 6.32. The zero-order valence-electron chi connectivity index (χ0n) is 16.1. The van der Waals surface area contributed by atoms with Gasteiger partial charge in [0.1, 0.15) is 0 Å². The monoisotopic (exact) mass is 450 g/mol. The number of nitrogens with one attached hydrogen (secondary N) is 1. The molecule has 0 spiro atoms. The molecule has 162 valence electrons. The zero-order chi connectivity index (χ0) is 23.1. The van der Waals surface area contributed by atoms with E-state index in [9.17, 15) is 26.4 Å². The van der Waals surface area contributed by atoms with Crippen molar-refractivity contribution < 1.29 is 26.4 Å². The van der Waals surface area contributed by atoms with E-state index in [1.54, 1.807) is 0 Å². The number of amides is 1. The number of sulfonamides is 1. The van der Waals surface area contributed by atoms with Crippen molar-refractivity contribution in [3.8, 4) is 12.1 Å². The van der Waals surface area contributed by atoms with Gasteiger partial charge in [-0.2, -0.15) is 23.7 Å². The Kier molecular flexibility index (Phi) is 7.61. The van der Waals surface area contributed by atoms with Crippen molar-refractivity contribution in [2.24, 2.45) is 0 Å². The van der Waals surface area contributed by atoms with Crippen LogP contribution in [0.3, 0.4) is 0 Å². The Morgan fingerprint density at radius 3 is 2.10 bits per heavy atom. The molecule has 0 unspecified atom stereocenters. The van der Waals surface area contributed by atoms with Crippen LogP contribution in [-0.4, -0.2) is 32.3 Å². The first kappa shape index (κ1) is 23.7. The number of anilines is 1. The van der Waals surface area contributed by atoms with Crippen LogP contribution < -0.4 is 4.72 Å². The number of alkyl halides is 3. The number of nitrogens with zero attached hydrogens (tertiary/aromatic N) is 3. The summed E-state index contributed by atoms with van der Waals surface area (Å²) in [4.78, 5) is 13.6. The molecule has 0 aliphatic heterocycles. The van der Waals surface area contributed by atoms with Crippen LogP contribution in [0.25, 0.3) is 0 Å².